The van der Waals surface area contributed by atoms with Crippen molar-refractivity contribution in [1.82, 2.24) is 0 Å². The van der Waals surface area contributed by atoms with Gasteiger partial charge in [0, 0.05) is 6.07 Å². The maximum absolute atomic E-state index is 11.7. The minimum absolute atomic E-state index is 0.0748. The van der Waals surface area contributed by atoms with E-state index in [9.17, 15) is 15.4 Å². The van der Waals surface area contributed by atoms with Gasteiger partial charge in [0.2, 0.25) is 0 Å². The average molecular weight is 372 g/mol. The zero-order valence-corrected chi connectivity index (χ0v) is 15.5. The fourth-order valence-electron chi connectivity index (χ4n) is 3.47. The molecular formula is C23H20N2O3. The van der Waals surface area contributed by atoms with Gasteiger partial charge >= 0.3 is 0 Å². The van der Waals surface area contributed by atoms with Crippen molar-refractivity contribution in [3.8, 4) is 11.8 Å². The van der Waals surface area contributed by atoms with Crippen LogP contribution in [-0.4, -0.2) is 12.0 Å². The molecule has 28 heavy (non-hydrogen) atoms. The molecule has 3 aromatic rings. The number of ether oxygens (including phenoxy) is 1. The fourth-order valence-corrected chi connectivity index (χ4v) is 3.47. The summed E-state index contributed by atoms with van der Waals surface area (Å²) in [6, 6.07) is 26.2. The summed E-state index contributed by atoms with van der Waals surface area (Å²) in [6.07, 6.45) is 0.709. The van der Waals surface area contributed by atoms with Gasteiger partial charge in [-0.3, -0.25) is 10.1 Å². The lowest BCUT2D eigenvalue weighted by Crippen LogP contribution is -2.31. The molecular weight excluding hydrogens is 352 g/mol. The maximum atomic E-state index is 11.7. The zero-order valence-electron chi connectivity index (χ0n) is 15.5. The predicted octanol–water partition coefficient (Wildman–Crippen LogP) is 4.85. The van der Waals surface area contributed by atoms with Gasteiger partial charge in [0.25, 0.3) is 5.69 Å². The van der Waals surface area contributed by atoms with Crippen LogP contribution in [0.5, 0.6) is 5.75 Å². The Morgan fingerprint density at radius 3 is 1.93 bits per heavy atom. The Hall–Kier alpha value is -3.65. The summed E-state index contributed by atoms with van der Waals surface area (Å²) in [4.78, 5) is 11.3. The molecule has 0 radical (unpaired) electrons. The highest BCUT2D eigenvalue weighted by atomic mass is 16.6. The third-order valence-corrected chi connectivity index (χ3v) is 4.83. The lowest BCUT2D eigenvalue weighted by molar-refractivity contribution is -0.386. The van der Waals surface area contributed by atoms with Gasteiger partial charge in [0.1, 0.15) is 5.75 Å². The number of rotatable bonds is 7. The minimum Gasteiger partial charge on any atom is -0.497 e. The summed E-state index contributed by atoms with van der Waals surface area (Å²) in [5, 5.41) is 22.1. The highest BCUT2D eigenvalue weighted by molar-refractivity contribution is 5.54. The molecule has 3 aromatic carbocycles. The van der Waals surface area contributed by atoms with Crippen LogP contribution >= 0.6 is 0 Å². The quantitative estimate of drug-likeness (QED) is 0.439. The molecule has 0 bridgehead atoms. The van der Waals surface area contributed by atoms with E-state index < -0.39 is 10.3 Å². The second-order valence-corrected chi connectivity index (χ2v) is 6.66. The molecule has 140 valence electrons. The van der Waals surface area contributed by atoms with E-state index in [-0.39, 0.29) is 5.69 Å². The monoisotopic (exact) mass is 372 g/mol. The van der Waals surface area contributed by atoms with E-state index in [1.165, 1.54) is 13.2 Å². The smallest absolute Gasteiger partial charge is 0.274 e. The summed E-state index contributed by atoms with van der Waals surface area (Å²) in [6.45, 7) is 0. The number of nitriles is 1. The van der Waals surface area contributed by atoms with E-state index in [4.69, 9.17) is 4.74 Å². The van der Waals surface area contributed by atoms with Crippen molar-refractivity contribution in [1.29, 1.82) is 5.26 Å². The Kier molecular flexibility index (Phi) is 5.71. The highest BCUT2D eigenvalue weighted by Crippen LogP contribution is 2.39. The summed E-state index contributed by atoms with van der Waals surface area (Å²) in [5.74, 6) is 0.487. The lowest BCUT2D eigenvalue weighted by Gasteiger charge is -2.28. The molecule has 0 fully saturated rings. The first-order valence-corrected chi connectivity index (χ1v) is 8.90. The lowest BCUT2D eigenvalue weighted by atomic mass is 9.72. The van der Waals surface area contributed by atoms with Crippen molar-refractivity contribution in [3.05, 3.63) is 106 Å². The van der Waals surface area contributed by atoms with E-state index in [2.05, 4.69) is 6.07 Å². The van der Waals surface area contributed by atoms with Gasteiger partial charge in [0.05, 0.1) is 29.1 Å². The first-order valence-electron chi connectivity index (χ1n) is 8.90. The van der Waals surface area contributed by atoms with Gasteiger partial charge in [-0.25, -0.2) is 0 Å². The number of methoxy groups -OCH3 is 1. The van der Waals surface area contributed by atoms with Crippen molar-refractivity contribution >= 4 is 5.69 Å². The molecule has 0 saturated carbocycles. The van der Waals surface area contributed by atoms with Crippen LogP contribution in [0.2, 0.25) is 0 Å². The Morgan fingerprint density at radius 2 is 1.50 bits per heavy atom. The van der Waals surface area contributed by atoms with Crippen LogP contribution in [0.1, 0.15) is 16.7 Å². The molecule has 0 saturated heterocycles. The molecule has 0 N–H and O–H groups in total. The van der Waals surface area contributed by atoms with Gasteiger partial charge in [-0.15, -0.1) is 0 Å². The molecule has 0 heterocycles. The number of nitro benzene ring substituents is 1. The molecule has 5 heteroatoms. The molecule has 0 unspecified atom stereocenters. The number of benzene rings is 3. The normalized spacial score (nSPS) is 10.9. The first kappa shape index (κ1) is 19.1. The third-order valence-electron chi connectivity index (χ3n) is 4.83. The Bertz CT molecular complexity index is 954. The van der Waals surface area contributed by atoms with Crippen LogP contribution in [0.25, 0.3) is 0 Å². The van der Waals surface area contributed by atoms with Crippen LogP contribution in [-0.2, 0) is 18.3 Å². The summed E-state index contributed by atoms with van der Waals surface area (Å²) in [7, 11) is 1.51. The third kappa shape index (κ3) is 4.02. The Labute approximate surface area is 164 Å². The van der Waals surface area contributed by atoms with Gasteiger partial charge < -0.3 is 4.74 Å². The van der Waals surface area contributed by atoms with Crippen molar-refractivity contribution in [2.45, 2.75) is 18.3 Å². The number of nitrogens with zero attached hydrogens (tertiary/aromatic N) is 2. The van der Waals surface area contributed by atoms with E-state index in [0.29, 0.717) is 24.2 Å². The molecule has 0 aliphatic rings. The fraction of sp³-hybridized carbons (Fsp3) is 0.174. The summed E-state index contributed by atoms with van der Waals surface area (Å²) < 4.78 is 5.30. The van der Waals surface area contributed by atoms with Crippen molar-refractivity contribution in [2.75, 3.05) is 7.11 Å². The minimum atomic E-state index is -1.11. The van der Waals surface area contributed by atoms with Crippen molar-refractivity contribution < 1.29 is 9.66 Å². The Morgan fingerprint density at radius 1 is 0.964 bits per heavy atom. The highest BCUT2D eigenvalue weighted by Gasteiger charge is 2.39. The van der Waals surface area contributed by atoms with Gasteiger partial charge in [-0.05, 0) is 36.1 Å². The van der Waals surface area contributed by atoms with Gasteiger partial charge in [-0.2, -0.15) is 5.26 Å². The average Bonchev–Trinajstić information content (AvgIpc) is 2.74. The van der Waals surface area contributed by atoms with E-state index in [1.807, 2.05) is 60.7 Å². The molecule has 0 amide bonds. The molecule has 5 nitrogen and oxygen atoms in total. The Balaban J connectivity index is 2.20. The maximum Gasteiger partial charge on any atom is 0.274 e. The van der Waals surface area contributed by atoms with Gasteiger partial charge in [-0.1, -0.05) is 60.7 Å². The first-order chi connectivity index (χ1) is 13.6. The summed E-state index contributed by atoms with van der Waals surface area (Å²) >= 11 is 0. The van der Waals surface area contributed by atoms with Crippen molar-refractivity contribution in [3.63, 3.8) is 0 Å². The number of hydrogen-bond donors (Lipinski definition) is 0. The molecule has 0 atom stereocenters. The van der Waals surface area contributed by atoms with Crippen LogP contribution in [0.4, 0.5) is 5.69 Å². The second-order valence-electron chi connectivity index (χ2n) is 6.66. The standard InChI is InChI=1S/C23H20N2O3/c1-28-20-12-13-22(25(26)27)21(14-20)23(17-24,15-18-8-4-2-5-9-18)16-19-10-6-3-7-11-19/h2-14H,15-16H2,1H3. The van der Waals surface area contributed by atoms with Gasteiger partial charge in [0.15, 0.2) is 0 Å². The molecule has 3 rings (SSSR count). The number of hydrogen-bond acceptors (Lipinski definition) is 4. The largest absolute Gasteiger partial charge is 0.497 e. The van der Waals surface area contributed by atoms with E-state index >= 15 is 0 Å². The van der Waals surface area contributed by atoms with E-state index in [0.717, 1.165) is 11.1 Å². The zero-order chi connectivity index (χ0) is 20.0. The van der Waals surface area contributed by atoms with Crippen LogP contribution in [0.15, 0.2) is 78.9 Å². The SMILES string of the molecule is COc1ccc([N+](=O)[O-])c(C(C#N)(Cc2ccccc2)Cc2ccccc2)c1. The second kappa shape index (κ2) is 8.36. The molecule has 0 spiro atoms. The van der Waals surface area contributed by atoms with Crippen LogP contribution < -0.4 is 4.74 Å². The van der Waals surface area contributed by atoms with Crippen LogP contribution in [0.3, 0.4) is 0 Å². The van der Waals surface area contributed by atoms with Crippen LogP contribution in [0, 0.1) is 21.4 Å². The summed E-state index contributed by atoms with van der Waals surface area (Å²) in [5.41, 5.74) is 1.06. The van der Waals surface area contributed by atoms with Crippen molar-refractivity contribution in [2.24, 2.45) is 0 Å². The van der Waals surface area contributed by atoms with E-state index in [1.54, 1.807) is 12.1 Å². The molecule has 0 aliphatic heterocycles. The topological polar surface area (TPSA) is 76.2 Å². The molecule has 0 aromatic heterocycles. The predicted molar refractivity (Wildman–Crippen MR) is 107 cm³/mol. The molecule has 0 aliphatic carbocycles. The number of nitro groups is 1.